The predicted octanol–water partition coefficient (Wildman–Crippen LogP) is 8.87. The third kappa shape index (κ3) is 3.76. The Labute approximate surface area is 210 Å². The van der Waals surface area contributed by atoms with Crippen LogP contribution in [0.4, 0.5) is 48.3 Å². The number of rotatable bonds is 3. The molecule has 0 amide bonds. The number of methoxy groups -OCH3 is 1. The third-order valence-corrected chi connectivity index (χ3v) is 6.15. The van der Waals surface area contributed by atoms with E-state index in [-0.39, 0.29) is 11.8 Å². The molecular formula is C27H9F11O. The van der Waals surface area contributed by atoms with E-state index in [0.29, 0.717) is 24.3 Å². The lowest BCUT2D eigenvalue weighted by molar-refractivity contribution is 0.407. The van der Waals surface area contributed by atoms with Crippen molar-refractivity contribution in [3.8, 4) is 28.0 Å². The van der Waals surface area contributed by atoms with Gasteiger partial charge in [0, 0.05) is 40.1 Å². The van der Waals surface area contributed by atoms with Crippen molar-refractivity contribution in [1.82, 2.24) is 0 Å². The summed E-state index contributed by atoms with van der Waals surface area (Å²) in [4.78, 5) is 0. The SMILES string of the molecule is COc1cc(F)c(-c2c3ccc(F)cc3c(-c3c(F)c(F)cc(F)c3F)c3c(F)c(F)c(F)c(F)c23)c(F)c1. The van der Waals surface area contributed by atoms with Crippen LogP contribution in [0.1, 0.15) is 0 Å². The van der Waals surface area contributed by atoms with Crippen molar-refractivity contribution in [2.24, 2.45) is 0 Å². The molecule has 0 atom stereocenters. The van der Waals surface area contributed by atoms with E-state index in [1.54, 1.807) is 0 Å². The number of benzene rings is 5. The first-order valence-corrected chi connectivity index (χ1v) is 10.7. The van der Waals surface area contributed by atoms with Gasteiger partial charge in [0.1, 0.15) is 23.2 Å². The van der Waals surface area contributed by atoms with Gasteiger partial charge >= 0.3 is 0 Å². The van der Waals surface area contributed by atoms with Gasteiger partial charge in [-0.15, -0.1) is 0 Å². The second kappa shape index (κ2) is 9.14. The first kappa shape index (κ1) is 26.3. The summed E-state index contributed by atoms with van der Waals surface area (Å²) in [5.41, 5.74) is -5.27. The molecule has 0 aliphatic heterocycles. The second-order valence-electron chi connectivity index (χ2n) is 8.26. The molecule has 12 heteroatoms. The molecule has 0 saturated carbocycles. The maximum absolute atomic E-state index is 15.4. The normalized spacial score (nSPS) is 11.6. The monoisotopic (exact) mass is 558 g/mol. The topological polar surface area (TPSA) is 9.23 Å². The van der Waals surface area contributed by atoms with Crippen LogP contribution in [-0.4, -0.2) is 7.11 Å². The fraction of sp³-hybridized carbons (Fsp3) is 0.0370. The van der Waals surface area contributed by atoms with Crippen molar-refractivity contribution in [3.05, 3.63) is 100 Å². The average Bonchev–Trinajstić information content (AvgIpc) is 2.89. The zero-order valence-electron chi connectivity index (χ0n) is 19.0. The number of hydrogen-bond donors (Lipinski definition) is 0. The van der Waals surface area contributed by atoms with Crippen LogP contribution in [-0.2, 0) is 0 Å². The Bertz CT molecular complexity index is 1820. The molecule has 0 spiro atoms. The molecule has 200 valence electrons. The zero-order valence-corrected chi connectivity index (χ0v) is 19.0. The standard InChI is InChI=1S/C27H9F11O/c1-39-9-5-12(29)18(13(30)6-9)16-10-3-2-8(28)4-11(10)17(21-22(33)14(31)7-15(32)23(21)34)20-19(16)24(35)26(37)27(38)25(20)36/h2-7H,1H3. The van der Waals surface area contributed by atoms with Crippen molar-refractivity contribution < 1.29 is 53.0 Å². The highest BCUT2D eigenvalue weighted by Crippen LogP contribution is 2.49. The minimum Gasteiger partial charge on any atom is -0.497 e. The molecule has 0 radical (unpaired) electrons. The molecule has 5 aromatic rings. The summed E-state index contributed by atoms with van der Waals surface area (Å²) in [6, 6.07) is 2.77. The van der Waals surface area contributed by atoms with E-state index in [9.17, 15) is 30.7 Å². The average molecular weight is 558 g/mol. The maximum atomic E-state index is 15.4. The van der Waals surface area contributed by atoms with Crippen LogP contribution in [0.5, 0.6) is 5.75 Å². The molecule has 0 bridgehead atoms. The minimum absolute atomic E-state index is 0.215. The molecule has 5 aromatic carbocycles. The molecule has 0 fully saturated rings. The van der Waals surface area contributed by atoms with Crippen LogP contribution in [0.2, 0.25) is 0 Å². The Morgan fingerprint density at radius 3 is 1.41 bits per heavy atom. The van der Waals surface area contributed by atoms with Gasteiger partial charge in [-0.3, -0.25) is 0 Å². The molecule has 0 unspecified atom stereocenters. The molecular weight excluding hydrogens is 549 g/mol. The van der Waals surface area contributed by atoms with Crippen molar-refractivity contribution in [2.75, 3.05) is 7.11 Å². The highest BCUT2D eigenvalue weighted by molar-refractivity contribution is 6.22. The summed E-state index contributed by atoms with van der Waals surface area (Å²) < 4.78 is 167. The Balaban J connectivity index is 2.19. The molecule has 0 aliphatic rings. The van der Waals surface area contributed by atoms with Crippen molar-refractivity contribution in [1.29, 1.82) is 0 Å². The summed E-state index contributed by atoms with van der Waals surface area (Å²) in [6.07, 6.45) is 0. The lowest BCUT2D eigenvalue weighted by Crippen LogP contribution is -2.06. The van der Waals surface area contributed by atoms with Gasteiger partial charge < -0.3 is 4.74 Å². The van der Waals surface area contributed by atoms with Crippen molar-refractivity contribution >= 4 is 21.5 Å². The van der Waals surface area contributed by atoms with E-state index >= 15 is 17.6 Å². The molecule has 1 nitrogen and oxygen atoms in total. The maximum Gasteiger partial charge on any atom is 0.198 e. The molecule has 5 rings (SSSR count). The molecule has 0 saturated heterocycles. The first-order valence-electron chi connectivity index (χ1n) is 10.7. The number of fused-ring (bicyclic) bond motifs is 2. The summed E-state index contributed by atoms with van der Waals surface area (Å²) in [5.74, 6) is -22.6. The van der Waals surface area contributed by atoms with Gasteiger partial charge in [-0.25, -0.2) is 48.3 Å². The van der Waals surface area contributed by atoms with Gasteiger partial charge in [-0.05, 0) is 22.9 Å². The van der Waals surface area contributed by atoms with E-state index in [2.05, 4.69) is 0 Å². The molecule has 0 aliphatic carbocycles. The van der Waals surface area contributed by atoms with Crippen molar-refractivity contribution in [2.45, 2.75) is 0 Å². The van der Waals surface area contributed by atoms with Gasteiger partial charge in [0.25, 0.3) is 0 Å². The Kier molecular flexibility index (Phi) is 6.15. The smallest absolute Gasteiger partial charge is 0.198 e. The molecule has 0 N–H and O–H groups in total. The van der Waals surface area contributed by atoms with E-state index in [4.69, 9.17) is 4.74 Å². The fourth-order valence-electron chi connectivity index (χ4n) is 4.53. The number of hydrogen-bond acceptors (Lipinski definition) is 1. The van der Waals surface area contributed by atoms with E-state index in [1.807, 2.05) is 0 Å². The second-order valence-corrected chi connectivity index (χ2v) is 8.26. The van der Waals surface area contributed by atoms with Crippen LogP contribution in [0.3, 0.4) is 0 Å². The number of ether oxygens (including phenoxy) is 1. The van der Waals surface area contributed by atoms with Gasteiger partial charge in [0.05, 0.1) is 18.2 Å². The summed E-state index contributed by atoms with van der Waals surface area (Å²) in [5, 5.41) is -4.57. The van der Waals surface area contributed by atoms with Crippen molar-refractivity contribution in [3.63, 3.8) is 0 Å². The van der Waals surface area contributed by atoms with Crippen LogP contribution in [0.15, 0.2) is 36.4 Å². The Hall–Kier alpha value is -4.35. The highest BCUT2D eigenvalue weighted by atomic mass is 19.2. The van der Waals surface area contributed by atoms with E-state index in [0.717, 1.165) is 13.2 Å². The third-order valence-electron chi connectivity index (χ3n) is 6.15. The fourth-order valence-corrected chi connectivity index (χ4v) is 4.53. The van der Waals surface area contributed by atoms with Crippen LogP contribution in [0.25, 0.3) is 43.8 Å². The summed E-state index contributed by atoms with van der Waals surface area (Å²) in [7, 11) is 1.05. The van der Waals surface area contributed by atoms with E-state index < -0.39 is 108 Å². The van der Waals surface area contributed by atoms with E-state index in [1.165, 1.54) is 0 Å². The Morgan fingerprint density at radius 2 is 0.923 bits per heavy atom. The predicted molar refractivity (Wildman–Crippen MR) is 118 cm³/mol. The molecule has 0 aromatic heterocycles. The number of halogens is 11. The highest BCUT2D eigenvalue weighted by Gasteiger charge is 2.33. The van der Waals surface area contributed by atoms with Crippen LogP contribution in [0, 0.1) is 64.0 Å². The quantitative estimate of drug-likeness (QED) is 0.0931. The van der Waals surface area contributed by atoms with Gasteiger partial charge in [-0.2, -0.15) is 0 Å². The minimum atomic E-state index is -2.53. The van der Waals surface area contributed by atoms with Gasteiger partial charge in [0.15, 0.2) is 46.5 Å². The van der Waals surface area contributed by atoms with Crippen LogP contribution >= 0.6 is 0 Å². The molecule has 0 heterocycles. The first-order chi connectivity index (χ1) is 18.4. The van der Waals surface area contributed by atoms with Gasteiger partial charge in [0.2, 0.25) is 0 Å². The lowest BCUT2D eigenvalue weighted by Gasteiger charge is -2.21. The largest absolute Gasteiger partial charge is 0.497 e. The Morgan fingerprint density at radius 1 is 0.436 bits per heavy atom. The summed E-state index contributed by atoms with van der Waals surface area (Å²) >= 11 is 0. The lowest BCUT2D eigenvalue weighted by atomic mass is 9.84. The van der Waals surface area contributed by atoms with Crippen LogP contribution < -0.4 is 4.74 Å². The molecule has 39 heavy (non-hydrogen) atoms. The van der Waals surface area contributed by atoms with Gasteiger partial charge in [-0.1, -0.05) is 6.07 Å². The zero-order chi connectivity index (χ0) is 28.5. The summed E-state index contributed by atoms with van der Waals surface area (Å²) in [6.45, 7) is 0.